The van der Waals surface area contributed by atoms with Crippen LogP contribution in [-0.2, 0) is 4.74 Å². The third-order valence-electron chi connectivity index (χ3n) is 7.56. The summed E-state index contributed by atoms with van der Waals surface area (Å²) >= 11 is 0. The maximum absolute atomic E-state index is 13.3. The van der Waals surface area contributed by atoms with Gasteiger partial charge in [-0.25, -0.2) is 4.79 Å². The quantitative estimate of drug-likeness (QED) is 0.289. The molecule has 6 rings (SSSR count). The summed E-state index contributed by atoms with van der Waals surface area (Å²) in [5.74, 6) is 0.130. The SMILES string of the molecule is CC(C)(OC(=O)N1CCC[C@H](c2cc(-c3cc4ccccc4[nH]3)n[nH]2)C1)[C@H](C#N)n1ccc2ccccc21. The van der Waals surface area contributed by atoms with Gasteiger partial charge in [-0.3, -0.25) is 5.10 Å². The van der Waals surface area contributed by atoms with E-state index in [1.165, 1.54) is 0 Å². The number of amides is 1. The predicted molar refractivity (Wildman–Crippen MR) is 147 cm³/mol. The van der Waals surface area contributed by atoms with Crippen molar-refractivity contribution >= 4 is 27.9 Å². The molecule has 0 unspecified atom stereocenters. The Bertz CT molecular complexity index is 1620. The summed E-state index contributed by atoms with van der Waals surface area (Å²) in [6.07, 6.45) is 3.31. The monoisotopic (exact) mass is 506 g/mol. The first-order valence-corrected chi connectivity index (χ1v) is 13.0. The molecule has 2 N–H and O–H groups in total. The lowest BCUT2D eigenvalue weighted by atomic mass is 9.94. The summed E-state index contributed by atoms with van der Waals surface area (Å²) in [4.78, 5) is 18.5. The van der Waals surface area contributed by atoms with Crippen molar-refractivity contribution in [3.63, 3.8) is 0 Å². The number of benzene rings is 2. The van der Waals surface area contributed by atoms with E-state index >= 15 is 0 Å². The molecule has 1 amide bonds. The van der Waals surface area contributed by atoms with E-state index in [1.807, 2.05) is 59.3 Å². The normalized spacial score (nSPS) is 17.0. The van der Waals surface area contributed by atoms with Gasteiger partial charge in [0.1, 0.15) is 11.3 Å². The topological polar surface area (TPSA) is 103 Å². The van der Waals surface area contributed by atoms with Gasteiger partial charge in [0.15, 0.2) is 6.04 Å². The third kappa shape index (κ3) is 4.30. The lowest BCUT2D eigenvalue weighted by molar-refractivity contribution is -0.00960. The van der Waals surface area contributed by atoms with E-state index in [0.29, 0.717) is 13.1 Å². The van der Waals surface area contributed by atoms with Gasteiger partial charge in [0, 0.05) is 47.3 Å². The zero-order chi connectivity index (χ0) is 26.3. The molecule has 0 radical (unpaired) electrons. The first-order valence-electron chi connectivity index (χ1n) is 13.0. The molecule has 3 aromatic heterocycles. The van der Waals surface area contributed by atoms with E-state index in [-0.39, 0.29) is 5.92 Å². The van der Waals surface area contributed by atoms with E-state index in [4.69, 9.17) is 4.74 Å². The highest BCUT2D eigenvalue weighted by molar-refractivity contribution is 5.85. The standard InChI is InChI=1S/C30H30N6O2/c1-30(2,28(18-31)36-15-13-20-8-4-6-12-27(20)36)38-29(37)35-14-7-10-22(19-35)24-17-26(34-33-24)25-16-21-9-3-5-11-23(21)32-25/h3-6,8-9,11-13,15-17,22,28,32H,7,10,14,19H2,1-2H3,(H,33,34)/t22-,28-/m0/s1. The Balaban J connectivity index is 1.16. The zero-order valence-electron chi connectivity index (χ0n) is 21.5. The van der Waals surface area contributed by atoms with Crippen LogP contribution in [0.5, 0.6) is 0 Å². The summed E-state index contributed by atoms with van der Waals surface area (Å²) in [7, 11) is 0. The summed E-state index contributed by atoms with van der Waals surface area (Å²) in [5.41, 5.74) is 3.80. The minimum Gasteiger partial charge on any atom is -0.440 e. The molecule has 0 saturated carbocycles. The Labute approximate surface area is 220 Å². The van der Waals surface area contributed by atoms with Crippen molar-refractivity contribution in [1.29, 1.82) is 5.26 Å². The summed E-state index contributed by atoms with van der Waals surface area (Å²) in [6, 6.07) is 23.9. The van der Waals surface area contributed by atoms with Crippen molar-refractivity contribution in [3.8, 4) is 17.5 Å². The highest BCUT2D eigenvalue weighted by Crippen LogP contribution is 2.33. The number of nitriles is 1. The zero-order valence-corrected chi connectivity index (χ0v) is 21.5. The number of likely N-dealkylation sites (tertiary alicyclic amines) is 1. The number of nitrogens with one attached hydrogen (secondary N) is 2. The van der Waals surface area contributed by atoms with Gasteiger partial charge in [0.25, 0.3) is 0 Å². The van der Waals surface area contributed by atoms with Crippen LogP contribution < -0.4 is 0 Å². The molecule has 0 bridgehead atoms. The fraction of sp³-hybridized carbons (Fsp3) is 0.300. The Hall–Kier alpha value is -4.51. The number of H-pyrrole nitrogens is 2. The number of carbonyl (C=O) groups is 1. The number of piperidine rings is 1. The second-order valence-electron chi connectivity index (χ2n) is 10.5. The van der Waals surface area contributed by atoms with Crippen molar-refractivity contribution in [2.75, 3.05) is 13.1 Å². The number of ether oxygens (including phenoxy) is 1. The van der Waals surface area contributed by atoms with Gasteiger partial charge in [-0.15, -0.1) is 0 Å². The number of hydrogen-bond donors (Lipinski definition) is 2. The molecule has 192 valence electrons. The first kappa shape index (κ1) is 23.9. The Morgan fingerprint density at radius 3 is 2.74 bits per heavy atom. The van der Waals surface area contributed by atoms with Gasteiger partial charge in [0.05, 0.1) is 11.8 Å². The van der Waals surface area contributed by atoms with Crippen molar-refractivity contribution in [3.05, 3.63) is 78.6 Å². The van der Waals surface area contributed by atoms with Crippen molar-refractivity contribution < 1.29 is 9.53 Å². The molecule has 38 heavy (non-hydrogen) atoms. The van der Waals surface area contributed by atoms with Crippen LogP contribution in [0, 0.1) is 11.3 Å². The minimum absolute atomic E-state index is 0.130. The molecule has 4 heterocycles. The second-order valence-corrected chi connectivity index (χ2v) is 10.5. The first-order chi connectivity index (χ1) is 18.4. The molecule has 8 nitrogen and oxygen atoms in total. The molecule has 8 heteroatoms. The van der Waals surface area contributed by atoms with E-state index in [0.717, 1.165) is 51.7 Å². The Morgan fingerprint density at radius 1 is 1.13 bits per heavy atom. The fourth-order valence-corrected chi connectivity index (χ4v) is 5.52. The summed E-state index contributed by atoms with van der Waals surface area (Å²) in [5, 5.41) is 20.0. The number of nitrogens with zero attached hydrogens (tertiary/aromatic N) is 4. The summed E-state index contributed by atoms with van der Waals surface area (Å²) in [6.45, 7) is 4.76. The second kappa shape index (κ2) is 9.42. The number of rotatable bonds is 5. The average molecular weight is 507 g/mol. The molecule has 1 saturated heterocycles. The van der Waals surface area contributed by atoms with Gasteiger partial charge < -0.3 is 19.2 Å². The van der Waals surface area contributed by atoms with Gasteiger partial charge in [-0.1, -0.05) is 36.4 Å². The van der Waals surface area contributed by atoms with Crippen molar-refractivity contribution in [2.45, 2.75) is 44.2 Å². The Morgan fingerprint density at radius 2 is 1.92 bits per heavy atom. The molecule has 2 aromatic carbocycles. The van der Waals surface area contributed by atoms with Crippen LogP contribution in [0.1, 0.15) is 44.3 Å². The van der Waals surface area contributed by atoms with Gasteiger partial charge in [0.2, 0.25) is 0 Å². The van der Waals surface area contributed by atoms with E-state index < -0.39 is 17.7 Å². The van der Waals surface area contributed by atoms with Crippen molar-refractivity contribution in [2.24, 2.45) is 0 Å². The number of fused-ring (bicyclic) bond motifs is 2. The smallest absolute Gasteiger partial charge is 0.410 e. The molecule has 1 aliphatic rings. The molecule has 0 spiro atoms. The largest absolute Gasteiger partial charge is 0.440 e. The molecule has 1 aliphatic heterocycles. The van der Waals surface area contributed by atoms with Gasteiger partial charge in [-0.05, 0) is 62.4 Å². The number of aromatic amines is 2. The molecular weight excluding hydrogens is 476 g/mol. The Kier molecular flexibility index (Phi) is 5.91. The van der Waals surface area contributed by atoms with Crippen LogP contribution in [-0.4, -0.2) is 49.4 Å². The highest BCUT2D eigenvalue weighted by Gasteiger charge is 2.38. The van der Waals surface area contributed by atoms with Crippen LogP contribution in [0.25, 0.3) is 33.2 Å². The average Bonchev–Trinajstić information content (AvgIpc) is 3.67. The third-order valence-corrected chi connectivity index (χ3v) is 7.56. The number of aromatic nitrogens is 4. The van der Waals surface area contributed by atoms with Crippen LogP contribution in [0.3, 0.4) is 0 Å². The summed E-state index contributed by atoms with van der Waals surface area (Å²) < 4.78 is 7.90. The van der Waals surface area contributed by atoms with E-state index in [2.05, 4.69) is 39.4 Å². The maximum Gasteiger partial charge on any atom is 0.410 e. The van der Waals surface area contributed by atoms with Crippen LogP contribution in [0.4, 0.5) is 4.79 Å². The number of para-hydroxylation sites is 2. The fourth-order valence-electron chi connectivity index (χ4n) is 5.52. The lowest BCUT2D eigenvalue weighted by Crippen LogP contribution is -2.45. The van der Waals surface area contributed by atoms with Crippen LogP contribution >= 0.6 is 0 Å². The molecule has 5 aromatic rings. The molecule has 1 fully saturated rings. The van der Waals surface area contributed by atoms with Crippen molar-refractivity contribution in [1.82, 2.24) is 24.6 Å². The minimum atomic E-state index is -1.03. The predicted octanol–water partition coefficient (Wildman–Crippen LogP) is 6.37. The van der Waals surface area contributed by atoms with Gasteiger partial charge in [-0.2, -0.15) is 10.4 Å². The number of hydrogen-bond acceptors (Lipinski definition) is 4. The maximum atomic E-state index is 13.3. The number of carbonyl (C=O) groups excluding carboxylic acids is 1. The molecule has 2 atom stereocenters. The van der Waals surface area contributed by atoms with Crippen LogP contribution in [0.15, 0.2) is 72.9 Å². The van der Waals surface area contributed by atoms with Gasteiger partial charge >= 0.3 is 6.09 Å². The van der Waals surface area contributed by atoms with E-state index in [9.17, 15) is 10.1 Å². The molecule has 0 aliphatic carbocycles. The molecular formula is C30H30N6O2. The van der Waals surface area contributed by atoms with Crippen LogP contribution in [0.2, 0.25) is 0 Å². The lowest BCUT2D eigenvalue weighted by Gasteiger charge is -2.36. The highest BCUT2D eigenvalue weighted by atomic mass is 16.6. The van der Waals surface area contributed by atoms with E-state index in [1.54, 1.807) is 18.7 Å².